The molecule has 0 aromatic rings. The average molecular weight is 117 g/mol. The van der Waals surface area contributed by atoms with Crippen LogP contribution in [0.3, 0.4) is 0 Å². The van der Waals surface area contributed by atoms with Crippen LogP contribution in [0, 0.1) is 0 Å². The average Bonchev–Trinajstić information content (AvgIpc) is 1.38. The van der Waals surface area contributed by atoms with Gasteiger partial charge in [-0.15, -0.1) is 0 Å². The van der Waals surface area contributed by atoms with E-state index in [4.69, 9.17) is 4.89 Å². The number of hydrogen-bond donors (Lipinski definition) is 1. The molecule has 0 aromatic heterocycles. The van der Waals surface area contributed by atoms with Crippen LogP contribution in [0.5, 0.6) is 0 Å². The summed E-state index contributed by atoms with van der Waals surface area (Å²) >= 11 is 0. The monoisotopic (exact) mass is 117 g/mol. The van der Waals surface area contributed by atoms with Gasteiger partial charge in [0.2, 0.25) is 0 Å². The van der Waals surface area contributed by atoms with Crippen molar-refractivity contribution in [3.8, 4) is 0 Å². The van der Waals surface area contributed by atoms with E-state index in [1.165, 1.54) is 0 Å². The van der Waals surface area contributed by atoms with Gasteiger partial charge in [-0.2, -0.15) is 4.89 Å². The van der Waals surface area contributed by atoms with Crippen molar-refractivity contribution in [2.24, 2.45) is 0 Å². The molecule has 0 bridgehead atoms. The first-order chi connectivity index (χ1) is 2.27. The van der Waals surface area contributed by atoms with Crippen molar-refractivity contribution >= 4 is 8.03 Å². The second kappa shape index (κ2) is 6.06. The molecule has 4 heteroatoms. The second-order valence-electron chi connectivity index (χ2n) is 0.668. The third kappa shape index (κ3) is 8.91. The fraction of sp³-hybridized carbons (Fsp3) is 1.00. The van der Waals surface area contributed by atoms with Crippen LogP contribution < -0.4 is 29.6 Å². The quantitative estimate of drug-likeness (QED) is 0.314. The van der Waals surface area contributed by atoms with Crippen molar-refractivity contribution in [3.63, 3.8) is 0 Å². The molecule has 6 heavy (non-hydrogen) atoms. The molecule has 0 rings (SSSR count). The molecule has 0 heterocycles. The molecule has 0 saturated carbocycles. The SMILES string of the molecule is CC[P+](=O)O.[H-].[Na+]. The maximum Gasteiger partial charge on any atom is 1.00 e. The minimum atomic E-state index is -1.85. The van der Waals surface area contributed by atoms with E-state index < -0.39 is 8.03 Å². The molecule has 0 aliphatic rings. The second-order valence-corrected chi connectivity index (χ2v) is 2.01. The molecule has 32 valence electrons. The zero-order valence-electron chi connectivity index (χ0n) is 5.01. The Morgan fingerprint density at radius 1 is 2.00 bits per heavy atom. The van der Waals surface area contributed by atoms with Crippen molar-refractivity contribution in [2.45, 2.75) is 6.92 Å². The molecule has 0 fully saturated rings. The summed E-state index contributed by atoms with van der Waals surface area (Å²) in [6.07, 6.45) is 0.370. The van der Waals surface area contributed by atoms with E-state index in [-0.39, 0.29) is 31.0 Å². The summed E-state index contributed by atoms with van der Waals surface area (Å²) in [6, 6.07) is 0. The van der Waals surface area contributed by atoms with Crippen molar-refractivity contribution in [2.75, 3.05) is 6.16 Å². The molecule has 2 nitrogen and oxygen atoms in total. The minimum Gasteiger partial charge on any atom is -1.00 e. The van der Waals surface area contributed by atoms with Crippen LogP contribution in [0.15, 0.2) is 0 Å². The zero-order chi connectivity index (χ0) is 4.28. The Morgan fingerprint density at radius 2 is 2.17 bits per heavy atom. The van der Waals surface area contributed by atoms with Gasteiger partial charge in [-0.3, -0.25) is 0 Å². The summed E-state index contributed by atoms with van der Waals surface area (Å²) in [5.74, 6) is 0. The molecule has 1 atom stereocenters. The van der Waals surface area contributed by atoms with Crippen molar-refractivity contribution in [3.05, 3.63) is 0 Å². The van der Waals surface area contributed by atoms with Gasteiger partial charge in [0.15, 0.2) is 6.16 Å². The van der Waals surface area contributed by atoms with Gasteiger partial charge in [-0.25, -0.2) is 0 Å². The molecular formula is C2H7NaO2P+. The van der Waals surface area contributed by atoms with E-state index in [0.717, 1.165) is 0 Å². The Labute approximate surface area is 61.6 Å². The Kier molecular flexibility index (Phi) is 10.2. The molecule has 0 aliphatic carbocycles. The van der Waals surface area contributed by atoms with E-state index in [9.17, 15) is 4.57 Å². The topological polar surface area (TPSA) is 37.3 Å². The van der Waals surface area contributed by atoms with Gasteiger partial charge in [0, 0.05) is 0 Å². The standard InChI is InChI=1S/C2H5O2P.Na.H/c1-2-5(3)4;;/h2H2,1H3;;/q;+1;-1/p+1. The van der Waals surface area contributed by atoms with E-state index in [1.54, 1.807) is 6.92 Å². The molecule has 0 radical (unpaired) electrons. The Morgan fingerprint density at radius 3 is 2.17 bits per heavy atom. The summed E-state index contributed by atoms with van der Waals surface area (Å²) in [5.41, 5.74) is 0. The van der Waals surface area contributed by atoms with Crippen LogP contribution >= 0.6 is 8.03 Å². The predicted molar refractivity (Wildman–Crippen MR) is 21.5 cm³/mol. The predicted octanol–water partition coefficient (Wildman–Crippen LogP) is -2.14. The molecule has 1 unspecified atom stereocenters. The van der Waals surface area contributed by atoms with Crippen LogP contribution in [-0.2, 0) is 4.57 Å². The first kappa shape index (κ1) is 10.1. The van der Waals surface area contributed by atoms with Gasteiger partial charge in [0.25, 0.3) is 0 Å². The van der Waals surface area contributed by atoms with E-state index in [2.05, 4.69) is 0 Å². The van der Waals surface area contributed by atoms with Crippen LogP contribution in [0.4, 0.5) is 0 Å². The Balaban J connectivity index is -0.0000000800. The van der Waals surface area contributed by atoms with Gasteiger partial charge in [-0.1, -0.05) is 0 Å². The molecule has 0 saturated heterocycles. The fourth-order valence-electron chi connectivity index (χ4n) is 0. The van der Waals surface area contributed by atoms with Crippen molar-refractivity contribution < 1.29 is 40.4 Å². The molecule has 0 aliphatic heterocycles. The van der Waals surface area contributed by atoms with Gasteiger partial charge in [0.05, 0.1) is 0 Å². The fourth-order valence-corrected chi connectivity index (χ4v) is 0. The molecule has 0 amide bonds. The van der Waals surface area contributed by atoms with E-state index in [0.29, 0.717) is 6.16 Å². The third-order valence-corrected chi connectivity index (χ3v) is 0.812. The van der Waals surface area contributed by atoms with E-state index in [1.807, 2.05) is 0 Å². The third-order valence-electron chi connectivity index (χ3n) is 0.271. The van der Waals surface area contributed by atoms with Gasteiger partial charge in [-0.05, 0) is 11.5 Å². The summed E-state index contributed by atoms with van der Waals surface area (Å²) in [5, 5.41) is 0. The van der Waals surface area contributed by atoms with Crippen LogP contribution in [0.25, 0.3) is 0 Å². The Bertz CT molecular complexity index is 51.0. The first-order valence-corrected chi connectivity index (χ1v) is 2.80. The summed E-state index contributed by atoms with van der Waals surface area (Å²) in [7, 11) is -1.85. The van der Waals surface area contributed by atoms with Gasteiger partial charge >= 0.3 is 37.6 Å². The van der Waals surface area contributed by atoms with Gasteiger partial charge in [0.1, 0.15) is 0 Å². The molecule has 1 N–H and O–H groups in total. The molecular weight excluding hydrogens is 110 g/mol. The zero-order valence-corrected chi connectivity index (χ0v) is 6.90. The van der Waals surface area contributed by atoms with Crippen molar-refractivity contribution in [1.82, 2.24) is 0 Å². The maximum atomic E-state index is 9.52. The molecule has 0 spiro atoms. The number of hydrogen-bond acceptors (Lipinski definition) is 1. The van der Waals surface area contributed by atoms with Crippen LogP contribution in [-0.4, -0.2) is 11.1 Å². The molecule has 0 aromatic carbocycles. The summed E-state index contributed by atoms with van der Waals surface area (Å²) in [4.78, 5) is 7.87. The van der Waals surface area contributed by atoms with Crippen LogP contribution in [0.2, 0.25) is 0 Å². The summed E-state index contributed by atoms with van der Waals surface area (Å²) < 4.78 is 9.52. The Hall–Kier alpha value is 1.06. The van der Waals surface area contributed by atoms with Gasteiger partial charge < -0.3 is 1.43 Å². The smallest absolute Gasteiger partial charge is 1.00 e. The van der Waals surface area contributed by atoms with E-state index >= 15 is 0 Å². The first-order valence-electron chi connectivity index (χ1n) is 1.41. The van der Waals surface area contributed by atoms with Crippen LogP contribution in [0.1, 0.15) is 8.35 Å². The van der Waals surface area contributed by atoms with Crippen molar-refractivity contribution in [1.29, 1.82) is 0 Å². The minimum absolute atomic E-state index is 0. The largest absolute Gasteiger partial charge is 1.00 e. The summed E-state index contributed by atoms with van der Waals surface area (Å²) in [6.45, 7) is 1.67. The maximum absolute atomic E-state index is 9.52. The normalized spacial score (nSPS) is 9.33. The number of rotatable bonds is 1.